The van der Waals surface area contributed by atoms with Gasteiger partial charge in [-0.2, -0.15) is 0 Å². The van der Waals surface area contributed by atoms with E-state index >= 15 is 0 Å². The number of amides is 1. The fourth-order valence-corrected chi connectivity index (χ4v) is 0.766. The molecule has 1 aromatic rings. The van der Waals surface area contributed by atoms with E-state index in [1.807, 2.05) is 0 Å². The third-order valence-electron chi connectivity index (χ3n) is 1.36. The molecule has 0 spiro atoms. The average molecular weight is 179 g/mol. The van der Waals surface area contributed by atoms with Gasteiger partial charge in [0.25, 0.3) is 0 Å². The van der Waals surface area contributed by atoms with Crippen LogP contribution in [0.5, 0.6) is 0 Å². The van der Waals surface area contributed by atoms with E-state index in [2.05, 4.69) is 16.0 Å². The molecule has 5 nitrogen and oxygen atoms in total. The Morgan fingerprint density at radius 2 is 1.92 bits per heavy atom. The van der Waals surface area contributed by atoms with Gasteiger partial charge in [-0.15, -0.1) is 4.91 Å². The lowest BCUT2D eigenvalue weighted by molar-refractivity contribution is -0.118. The van der Waals surface area contributed by atoms with Crippen LogP contribution < -0.4 is 10.9 Å². The van der Waals surface area contributed by atoms with Gasteiger partial charge in [0, 0.05) is 6.92 Å². The minimum Gasteiger partial charge on any atom is -0.299 e. The molecule has 0 saturated heterocycles. The summed E-state index contributed by atoms with van der Waals surface area (Å²) in [6.45, 7) is 1.40. The highest BCUT2D eigenvalue weighted by Gasteiger charge is 1.93. The van der Waals surface area contributed by atoms with E-state index in [4.69, 9.17) is 0 Å². The highest BCUT2D eigenvalue weighted by molar-refractivity contribution is 5.74. The van der Waals surface area contributed by atoms with Gasteiger partial charge in [-0.1, -0.05) is 0 Å². The van der Waals surface area contributed by atoms with E-state index in [1.165, 1.54) is 6.92 Å². The van der Waals surface area contributed by atoms with Crippen molar-refractivity contribution in [3.63, 3.8) is 0 Å². The Bertz CT molecular complexity index is 308. The molecular formula is C8H9N3O2. The summed E-state index contributed by atoms with van der Waals surface area (Å²) in [7, 11) is 0. The van der Waals surface area contributed by atoms with Crippen molar-refractivity contribution in [3.8, 4) is 0 Å². The number of carbonyl (C=O) groups is 1. The smallest absolute Gasteiger partial charge is 0.235 e. The summed E-state index contributed by atoms with van der Waals surface area (Å²) in [5.74, 6) is -0.183. The summed E-state index contributed by atoms with van der Waals surface area (Å²) in [4.78, 5) is 20.5. The lowest BCUT2D eigenvalue weighted by atomic mass is 10.3. The van der Waals surface area contributed by atoms with E-state index in [1.54, 1.807) is 24.3 Å². The van der Waals surface area contributed by atoms with Gasteiger partial charge in [0.15, 0.2) is 0 Å². The zero-order valence-corrected chi connectivity index (χ0v) is 7.07. The van der Waals surface area contributed by atoms with Crippen LogP contribution in [0.15, 0.2) is 29.4 Å². The fourth-order valence-electron chi connectivity index (χ4n) is 0.766. The molecule has 0 radical (unpaired) electrons. The van der Waals surface area contributed by atoms with Crippen LogP contribution in [0.2, 0.25) is 0 Å². The summed E-state index contributed by atoms with van der Waals surface area (Å²) in [6, 6.07) is 6.40. The molecule has 0 atom stereocenters. The lowest BCUT2D eigenvalue weighted by Crippen LogP contribution is -2.26. The standard InChI is InChI=1S/C8H9N3O2/c1-6(12)9-10-7-2-4-8(11-13)5-3-7/h2-5,10H,1H3,(H,9,12). The van der Waals surface area contributed by atoms with E-state index in [0.29, 0.717) is 11.4 Å². The molecule has 0 aromatic heterocycles. The lowest BCUT2D eigenvalue weighted by Gasteiger charge is -2.04. The number of nitrogens with one attached hydrogen (secondary N) is 2. The number of hydrazine groups is 1. The third kappa shape index (κ3) is 2.90. The maximum atomic E-state index is 10.5. The highest BCUT2D eigenvalue weighted by atomic mass is 16.3. The van der Waals surface area contributed by atoms with Gasteiger partial charge in [-0.3, -0.25) is 15.6 Å². The van der Waals surface area contributed by atoms with Crippen molar-refractivity contribution in [2.45, 2.75) is 6.92 Å². The van der Waals surface area contributed by atoms with Crippen molar-refractivity contribution in [3.05, 3.63) is 29.2 Å². The van der Waals surface area contributed by atoms with Gasteiger partial charge in [0.2, 0.25) is 5.91 Å². The third-order valence-corrected chi connectivity index (χ3v) is 1.36. The van der Waals surface area contributed by atoms with Gasteiger partial charge in [-0.25, -0.2) is 0 Å². The van der Waals surface area contributed by atoms with Gasteiger partial charge in [0.05, 0.1) is 5.69 Å². The van der Waals surface area contributed by atoms with Crippen LogP contribution in [0.3, 0.4) is 0 Å². The maximum Gasteiger partial charge on any atom is 0.235 e. The summed E-state index contributed by atoms with van der Waals surface area (Å²) in [5, 5.41) is 2.74. The first-order valence-corrected chi connectivity index (χ1v) is 3.68. The first kappa shape index (κ1) is 9.18. The molecule has 68 valence electrons. The summed E-state index contributed by atoms with van der Waals surface area (Å²) >= 11 is 0. The maximum absolute atomic E-state index is 10.5. The van der Waals surface area contributed by atoms with E-state index in [0.717, 1.165) is 0 Å². The number of benzene rings is 1. The number of hydrogen-bond acceptors (Lipinski definition) is 4. The van der Waals surface area contributed by atoms with Crippen molar-refractivity contribution in [1.29, 1.82) is 0 Å². The number of carbonyl (C=O) groups excluding carboxylic acids is 1. The first-order valence-electron chi connectivity index (χ1n) is 3.68. The topological polar surface area (TPSA) is 70.6 Å². The van der Waals surface area contributed by atoms with Crippen LogP contribution in [-0.2, 0) is 4.79 Å². The van der Waals surface area contributed by atoms with Gasteiger partial charge >= 0.3 is 0 Å². The Morgan fingerprint density at radius 1 is 1.31 bits per heavy atom. The number of nitroso groups, excluding NO2 is 1. The second-order valence-corrected chi connectivity index (χ2v) is 2.44. The predicted molar refractivity (Wildman–Crippen MR) is 49.3 cm³/mol. The molecule has 0 aliphatic carbocycles. The van der Waals surface area contributed by atoms with Gasteiger partial charge in [-0.05, 0) is 29.4 Å². The molecule has 0 aliphatic heterocycles. The molecule has 5 heteroatoms. The highest BCUT2D eigenvalue weighted by Crippen LogP contribution is 2.14. The predicted octanol–water partition coefficient (Wildman–Crippen LogP) is 1.55. The van der Waals surface area contributed by atoms with E-state index in [9.17, 15) is 9.70 Å². The molecule has 0 saturated carbocycles. The number of rotatable bonds is 3. The Kier molecular flexibility index (Phi) is 2.97. The molecule has 0 bridgehead atoms. The summed E-state index contributed by atoms with van der Waals surface area (Å²) in [5.41, 5.74) is 6.11. The van der Waals surface area contributed by atoms with Crippen LogP contribution in [0.4, 0.5) is 11.4 Å². The average Bonchev–Trinajstić information content (AvgIpc) is 2.15. The van der Waals surface area contributed by atoms with Crippen molar-refractivity contribution in [2.75, 3.05) is 5.43 Å². The Labute approximate surface area is 75.1 Å². The van der Waals surface area contributed by atoms with Crippen molar-refractivity contribution >= 4 is 17.3 Å². The summed E-state index contributed by atoms with van der Waals surface area (Å²) in [6.07, 6.45) is 0. The normalized spacial score (nSPS) is 9.00. The minimum absolute atomic E-state index is 0.183. The van der Waals surface area contributed by atoms with Crippen molar-refractivity contribution < 1.29 is 4.79 Å². The van der Waals surface area contributed by atoms with Crippen LogP contribution >= 0.6 is 0 Å². The second kappa shape index (κ2) is 4.20. The molecule has 13 heavy (non-hydrogen) atoms. The molecule has 0 aliphatic rings. The van der Waals surface area contributed by atoms with Gasteiger partial charge < -0.3 is 0 Å². The molecule has 1 aromatic carbocycles. The SMILES string of the molecule is CC(=O)NNc1ccc(N=O)cc1. The van der Waals surface area contributed by atoms with Crippen LogP contribution in [0.1, 0.15) is 6.92 Å². The molecule has 1 amide bonds. The Balaban J connectivity index is 2.59. The number of hydrogen-bond donors (Lipinski definition) is 2. The number of anilines is 1. The Morgan fingerprint density at radius 3 is 2.38 bits per heavy atom. The van der Waals surface area contributed by atoms with E-state index in [-0.39, 0.29) is 5.91 Å². The Hall–Kier alpha value is -1.91. The zero-order valence-electron chi connectivity index (χ0n) is 7.07. The van der Waals surface area contributed by atoms with Crippen LogP contribution in [0.25, 0.3) is 0 Å². The second-order valence-electron chi connectivity index (χ2n) is 2.44. The first-order chi connectivity index (χ1) is 6.22. The molecule has 0 heterocycles. The van der Waals surface area contributed by atoms with Crippen molar-refractivity contribution in [1.82, 2.24) is 5.43 Å². The summed E-state index contributed by atoms with van der Waals surface area (Å²) < 4.78 is 0. The molecule has 0 fully saturated rings. The van der Waals surface area contributed by atoms with Crippen molar-refractivity contribution in [2.24, 2.45) is 5.18 Å². The largest absolute Gasteiger partial charge is 0.299 e. The monoisotopic (exact) mass is 179 g/mol. The number of nitrogens with zero attached hydrogens (tertiary/aromatic N) is 1. The van der Waals surface area contributed by atoms with Gasteiger partial charge in [0.1, 0.15) is 5.69 Å². The fraction of sp³-hybridized carbons (Fsp3) is 0.125. The van der Waals surface area contributed by atoms with Crippen LogP contribution in [-0.4, -0.2) is 5.91 Å². The molecule has 1 rings (SSSR count). The quantitative estimate of drug-likeness (QED) is 0.546. The molecular weight excluding hydrogens is 170 g/mol. The molecule has 0 unspecified atom stereocenters. The zero-order chi connectivity index (χ0) is 9.68. The molecule has 2 N–H and O–H groups in total. The minimum atomic E-state index is -0.183. The van der Waals surface area contributed by atoms with Crippen LogP contribution in [0, 0.1) is 4.91 Å². The van der Waals surface area contributed by atoms with E-state index < -0.39 is 0 Å².